The summed E-state index contributed by atoms with van der Waals surface area (Å²) >= 11 is 0. The van der Waals surface area contributed by atoms with E-state index < -0.39 is 22.7 Å². The molecule has 4 aliphatic carbocycles. The average molecular weight is 417 g/mol. The van der Waals surface area contributed by atoms with Gasteiger partial charge in [0.15, 0.2) is 0 Å². The summed E-state index contributed by atoms with van der Waals surface area (Å²) < 4.78 is 5.12. The lowest BCUT2D eigenvalue weighted by Gasteiger charge is -2.65. The molecular weight excluding hydrogens is 384 g/mol. The molecule has 1 aromatic heterocycles. The lowest BCUT2D eigenvalue weighted by atomic mass is 9.41. The number of fused-ring (bicyclic) bond motifs is 5. The minimum Gasteiger partial charge on any atom is -0.431 e. The summed E-state index contributed by atoms with van der Waals surface area (Å²) in [6, 6.07) is 3.26. The molecule has 8 atom stereocenters. The van der Waals surface area contributed by atoms with Crippen LogP contribution in [0.15, 0.2) is 27.6 Å². The van der Waals surface area contributed by atoms with Crippen LogP contribution < -0.4 is 5.63 Å². The zero-order chi connectivity index (χ0) is 21.4. The molecule has 30 heavy (non-hydrogen) atoms. The Kier molecular flexibility index (Phi) is 4.42. The highest BCUT2D eigenvalue weighted by Gasteiger charge is 2.71. The van der Waals surface area contributed by atoms with Gasteiger partial charge in [0.1, 0.15) is 6.29 Å². The van der Waals surface area contributed by atoms with Crippen LogP contribution in [0.4, 0.5) is 0 Å². The summed E-state index contributed by atoms with van der Waals surface area (Å²) in [7, 11) is 0. The highest BCUT2D eigenvalue weighted by Crippen LogP contribution is 2.70. The molecule has 0 spiro atoms. The third kappa shape index (κ3) is 2.41. The van der Waals surface area contributed by atoms with E-state index in [1.807, 2.05) is 6.07 Å². The van der Waals surface area contributed by atoms with Gasteiger partial charge in [0.25, 0.3) is 0 Å². The monoisotopic (exact) mass is 416 g/mol. The van der Waals surface area contributed by atoms with E-state index in [1.54, 1.807) is 0 Å². The van der Waals surface area contributed by atoms with E-state index in [4.69, 9.17) is 4.42 Å². The van der Waals surface area contributed by atoms with E-state index in [0.717, 1.165) is 31.1 Å². The van der Waals surface area contributed by atoms with Gasteiger partial charge in [-0.15, -0.1) is 0 Å². The highest BCUT2D eigenvalue weighted by molar-refractivity contribution is 5.64. The fraction of sp³-hybridized carbons (Fsp3) is 0.750. The Labute approximate surface area is 176 Å². The molecule has 1 heterocycles. The van der Waals surface area contributed by atoms with Crippen molar-refractivity contribution >= 4 is 6.29 Å². The second-order valence-electron chi connectivity index (χ2n) is 10.7. The van der Waals surface area contributed by atoms with E-state index in [0.29, 0.717) is 32.1 Å². The van der Waals surface area contributed by atoms with Crippen LogP contribution in [-0.2, 0) is 4.79 Å². The van der Waals surface area contributed by atoms with Crippen LogP contribution in [0.25, 0.3) is 0 Å². The van der Waals surface area contributed by atoms with Gasteiger partial charge in [0.05, 0.1) is 29.0 Å². The van der Waals surface area contributed by atoms with Crippen molar-refractivity contribution in [2.24, 2.45) is 22.7 Å². The van der Waals surface area contributed by atoms with Crippen LogP contribution in [0.3, 0.4) is 0 Å². The van der Waals surface area contributed by atoms with E-state index in [1.165, 1.54) is 12.3 Å². The number of hydrogen-bond donors (Lipinski definition) is 3. The van der Waals surface area contributed by atoms with Gasteiger partial charge < -0.3 is 24.5 Å². The highest BCUT2D eigenvalue weighted by atomic mass is 16.4. The summed E-state index contributed by atoms with van der Waals surface area (Å²) in [4.78, 5) is 23.9. The summed E-state index contributed by atoms with van der Waals surface area (Å²) in [5.74, 6) is -0.0431. The number of carbonyl (C=O) groups excluding carboxylic acids is 1. The molecule has 0 amide bonds. The Hall–Kier alpha value is -1.50. The van der Waals surface area contributed by atoms with Gasteiger partial charge in [-0.2, -0.15) is 0 Å². The normalized spacial score (nSPS) is 50.3. The first-order chi connectivity index (χ1) is 14.2. The summed E-state index contributed by atoms with van der Waals surface area (Å²) in [5, 5.41) is 33.8. The van der Waals surface area contributed by atoms with E-state index in [9.17, 15) is 24.9 Å². The van der Waals surface area contributed by atoms with Gasteiger partial charge in [0.2, 0.25) is 0 Å². The Morgan fingerprint density at radius 2 is 1.80 bits per heavy atom. The van der Waals surface area contributed by atoms with Crippen molar-refractivity contribution in [1.82, 2.24) is 0 Å². The molecule has 0 aromatic carbocycles. The molecule has 3 N–H and O–H groups in total. The SMILES string of the molecule is C[C@]12CC[C@H]3[C@@H](CC[C@]4(O)C[C@H](O)CC[C@]34C=O)[C@@]1(O)CC[C@@H]2c1ccc(=O)oc1. The Bertz CT molecular complexity index is 891. The Balaban J connectivity index is 1.53. The quantitative estimate of drug-likeness (QED) is 0.640. The van der Waals surface area contributed by atoms with E-state index in [-0.39, 0.29) is 35.2 Å². The summed E-state index contributed by atoms with van der Waals surface area (Å²) in [5.41, 5.74) is -2.79. The van der Waals surface area contributed by atoms with Crippen molar-refractivity contribution < 1.29 is 24.5 Å². The van der Waals surface area contributed by atoms with Crippen LogP contribution in [0.1, 0.15) is 76.2 Å². The average Bonchev–Trinajstić information content (AvgIpc) is 2.99. The maximum atomic E-state index is 12.5. The first-order valence-electron chi connectivity index (χ1n) is 11.4. The van der Waals surface area contributed by atoms with Crippen LogP contribution in [0.2, 0.25) is 0 Å². The van der Waals surface area contributed by atoms with Gasteiger partial charge in [0, 0.05) is 17.9 Å². The first-order valence-corrected chi connectivity index (χ1v) is 11.4. The van der Waals surface area contributed by atoms with Gasteiger partial charge in [-0.05, 0) is 80.8 Å². The van der Waals surface area contributed by atoms with Crippen molar-refractivity contribution in [2.75, 3.05) is 0 Å². The largest absolute Gasteiger partial charge is 0.431 e. The molecule has 164 valence electrons. The van der Waals surface area contributed by atoms with Crippen LogP contribution in [0, 0.1) is 22.7 Å². The Morgan fingerprint density at radius 3 is 2.50 bits per heavy atom. The van der Waals surface area contributed by atoms with Crippen molar-refractivity contribution in [3.63, 3.8) is 0 Å². The fourth-order valence-corrected chi connectivity index (χ4v) is 8.25. The molecule has 1 aromatic rings. The van der Waals surface area contributed by atoms with Gasteiger partial charge >= 0.3 is 5.63 Å². The van der Waals surface area contributed by atoms with Crippen molar-refractivity contribution in [1.29, 1.82) is 0 Å². The topological polar surface area (TPSA) is 108 Å². The number of carbonyl (C=O) groups is 1. The molecule has 4 aliphatic rings. The molecule has 0 radical (unpaired) electrons. The third-order valence-electron chi connectivity index (χ3n) is 9.84. The van der Waals surface area contributed by atoms with Crippen molar-refractivity contribution in [2.45, 2.75) is 87.9 Å². The molecule has 0 unspecified atom stereocenters. The number of rotatable bonds is 2. The maximum absolute atomic E-state index is 12.5. The van der Waals surface area contributed by atoms with Crippen LogP contribution >= 0.6 is 0 Å². The van der Waals surface area contributed by atoms with Crippen molar-refractivity contribution in [3.8, 4) is 0 Å². The number of aliphatic hydroxyl groups is 3. The predicted molar refractivity (Wildman–Crippen MR) is 109 cm³/mol. The number of aliphatic hydroxyl groups excluding tert-OH is 1. The third-order valence-corrected chi connectivity index (χ3v) is 9.84. The zero-order valence-corrected chi connectivity index (χ0v) is 17.5. The molecule has 4 fully saturated rings. The van der Waals surface area contributed by atoms with Gasteiger partial charge in [-0.25, -0.2) is 4.79 Å². The second kappa shape index (κ2) is 6.50. The standard InChI is InChI=1S/C24H32O6/c1-21-8-5-18-19(6-10-23(28)12-16(26)4-9-22(18,23)14-25)24(21,29)11-7-17(21)15-2-3-20(27)30-13-15/h2-3,13-14,16-19,26,28-29H,4-12H2,1H3/t16-,17-,18+,19-,21-,22+,23+,24+/m1/s1. The maximum Gasteiger partial charge on any atom is 0.335 e. The van der Waals surface area contributed by atoms with E-state index >= 15 is 0 Å². The van der Waals surface area contributed by atoms with Crippen LogP contribution in [0.5, 0.6) is 0 Å². The molecule has 6 heteroatoms. The molecule has 6 nitrogen and oxygen atoms in total. The smallest absolute Gasteiger partial charge is 0.335 e. The fourth-order valence-electron chi connectivity index (χ4n) is 8.25. The molecule has 0 saturated heterocycles. The minimum absolute atomic E-state index is 0.0577. The summed E-state index contributed by atoms with van der Waals surface area (Å²) in [6.45, 7) is 2.14. The van der Waals surface area contributed by atoms with E-state index in [2.05, 4.69) is 6.92 Å². The molecular formula is C24H32O6. The number of hydrogen-bond acceptors (Lipinski definition) is 6. The lowest BCUT2D eigenvalue weighted by molar-refractivity contribution is -0.247. The van der Waals surface area contributed by atoms with Crippen molar-refractivity contribution in [3.05, 3.63) is 34.4 Å². The van der Waals surface area contributed by atoms with Gasteiger partial charge in [-0.3, -0.25) is 0 Å². The lowest BCUT2D eigenvalue weighted by Crippen LogP contribution is -2.68. The summed E-state index contributed by atoms with van der Waals surface area (Å²) in [6.07, 6.45) is 7.24. The second-order valence-corrected chi connectivity index (χ2v) is 10.7. The molecule has 5 rings (SSSR count). The predicted octanol–water partition coefficient (Wildman–Crippen LogP) is 2.54. The Morgan fingerprint density at radius 1 is 1.03 bits per heavy atom. The molecule has 0 aliphatic heterocycles. The first kappa shape index (κ1) is 20.4. The minimum atomic E-state index is -1.18. The zero-order valence-electron chi connectivity index (χ0n) is 17.5. The molecule has 0 bridgehead atoms. The van der Waals surface area contributed by atoms with Gasteiger partial charge in [-0.1, -0.05) is 6.92 Å². The molecule has 4 saturated carbocycles. The van der Waals surface area contributed by atoms with Crippen LogP contribution in [-0.4, -0.2) is 38.9 Å². The number of aldehydes is 1.